The molecular weight excluding hydrogens is 224 g/mol. The zero-order chi connectivity index (χ0) is 12.8. The number of anilines is 1. The van der Waals surface area contributed by atoms with Crippen LogP contribution in [0.3, 0.4) is 0 Å². The minimum Gasteiger partial charge on any atom is -0.497 e. The van der Waals surface area contributed by atoms with Gasteiger partial charge in [-0.15, -0.1) is 0 Å². The molecule has 1 aliphatic carbocycles. The average Bonchev–Trinajstić information content (AvgIpc) is 3.22. The fourth-order valence-electron chi connectivity index (χ4n) is 2.04. The summed E-state index contributed by atoms with van der Waals surface area (Å²) in [7, 11) is 3.85. The summed E-state index contributed by atoms with van der Waals surface area (Å²) in [5.41, 5.74) is 1.23. The quantitative estimate of drug-likeness (QED) is 0.716. The molecule has 0 saturated heterocycles. The number of benzene rings is 1. The van der Waals surface area contributed by atoms with E-state index in [1.165, 1.54) is 31.4 Å². The molecule has 1 aromatic rings. The first-order valence-electron chi connectivity index (χ1n) is 6.88. The van der Waals surface area contributed by atoms with E-state index in [0.717, 1.165) is 24.9 Å². The smallest absolute Gasteiger partial charge is 0.120 e. The highest BCUT2D eigenvalue weighted by Gasteiger charge is 2.19. The van der Waals surface area contributed by atoms with Crippen molar-refractivity contribution in [3.05, 3.63) is 24.3 Å². The lowest BCUT2D eigenvalue weighted by molar-refractivity contribution is 0.415. The third-order valence-electron chi connectivity index (χ3n) is 3.42. The van der Waals surface area contributed by atoms with Gasteiger partial charge in [0.2, 0.25) is 0 Å². The van der Waals surface area contributed by atoms with Gasteiger partial charge in [-0.2, -0.15) is 0 Å². The van der Waals surface area contributed by atoms with Crippen molar-refractivity contribution in [2.45, 2.75) is 31.7 Å². The highest BCUT2D eigenvalue weighted by Crippen LogP contribution is 2.20. The lowest BCUT2D eigenvalue weighted by Gasteiger charge is -2.19. The molecule has 1 N–H and O–H groups in total. The van der Waals surface area contributed by atoms with Gasteiger partial charge in [-0.05, 0) is 44.4 Å². The van der Waals surface area contributed by atoms with Gasteiger partial charge in [-0.25, -0.2) is 0 Å². The van der Waals surface area contributed by atoms with Crippen molar-refractivity contribution in [2.24, 2.45) is 0 Å². The predicted octanol–water partition coefficient (Wildman–Crippen LogP) is 2.66. The third-order valence-corrected chi connectivity index (χ3v) is 3.42. The van der Waals surface area contributed by atoms with Crippen LogP contribution in [0.25, 0.3) is 0 Å². The molecule has 0 atom stereocenters. The molecule has 0 aromatic heterocycles. The SMILES string of the molecule is COc1cccc(N(C)CCCCNC2CC2)c1. The Labute approximate surface area is 110 Å². The summed E-state index contributed by atoms with van der Waals surface area (Å²) in [6.07, 6.45) is 5.24. The topological polar surface area (TPSA) is 24.5 Å². The maximum Gasteiger partial charge on any atom is 0.120 e. The van der Waals surface area contributed by atoms with Gasteiger partial charge in [0.05, 0.1) is 7.11 Å². The normalized spacial score (nSPS) is 14.6. The first-order valence-corrected chi connectivity index (χ1v) is 6.88. The van der Waals surface area contributed by atoms with Crippen molar-refractivity contribution in [3.8, 4) is 5.75 Å². The molecule has 0 bridgehead atoms. The summed E-state index contributed by atoms with van der Waals surface area (Å²) < 4.78 is 5.24. The first kappa shape index (κ1) is 13.2. The Bertz CT molecular complexity index is 363. The Morgan fingerprint density at radius 1 is 1.33 bits per heavy atom. The second-order valence-corrected chi connectivity index (χ2v) is 5.06. The van der Waals surface area contributed by atoms with E-state index in [2.05, 4.69) is 29.4 Å². The Kier molecular flexibility index (Phi) is 4.88. The number of rotatable bonds is 8. The Hall–Kier alpha value is -1.22. The molecule has 1 aliphatic rings. The molecule has 2 rings (SSSR count). The van der Waals surface area contributed by atoms with Gasteiger partial charge in [0.25, 0.3) is 0 Å². The zero-order valence-corrected chi connectivity index (χ0v) is 11.5. The predicted molar refractivity (Wildman–Crippen MR) is 76.5 cm³/mol. The summed E-state index contributed by atoms with van der Waals surface area (Å²) >= 11 is 0. The molecule has 0 spiro atoms. The van der Waals surface area contributed by atoms with Gasteiger partial charge in [-0.3, -0.25) is 0 Å². The van der Waals surface area contributed by atoms with Crippen molar-refractivity contribution in [2.75, 3.05) is 32.1 Å². The number of unbranched alkanes of at least 4 members (excludes halogenated alkanes) is 1. The Morgan fingerprint density at radius 2 is 2.17 bits per heavy atom. The molecule has 1 saturated carbocycles. The molecule has 100 valence electrons. The lowest BCUT2D eigenvalue weighted by atomic mass is 10.2. The van der Waals surface area contributed by atoms with Crippen LogP contribution >= 0.6 is 0 Å². The molecule has 0 amide bonds. The van der Waals surface area contributed by atoms with Crippen molar-refractivity contribution < 1.29 is 4.74 Å². The van der Waals surface area contributed by atoms with Crippen LogP contribution in [0.1, 0.15) is 25.7 Å². The molecule has 0 unspecified atom stereocenters. The summed E-state index contributed by atoms with van der Waals surface area (Å²) in [4.78, 5) is 2.29. The summed E-state index contributed by atoms with van der Waals surface area (Å²) in [6, 6.07) is 9.07. The van der Waals surface area contributed by atoms with E-state index < -0.39 is 0 Å². The van der Waals surface area contributed by atoms with Gasteiger partial charge < -0.3 is 15.0 Å². The van der Waals surface area contributed by atoms with E-state index in [1.54, 1.807) is 7.11 Å². The number of nitrogens with one attached hydrogen (secondary N) is 1. The number of nitrogens with zero attached hydrogens (tertiary/aromatic N) is 1. The van der Waals surface area contributed by atoms with E-state index in [9.17, 15) is 0 Å². The second-order valence-electron chi connectivity index (χ2n) is 5.06. The van der Waals surface area contributed by atoms with Crippen molar-refractivity contribution in [1.82, 2.24) is 5.32 Å². The monoisotopic (exact) mass is 248 g/mol. The standard InChI is InChI=1S/C15H24N2O/c1-17(11-4-3-10-16-13-8-9-13)14-6-5-7-15(12-14)18-2/h5-7,12-13,16H,3-4,8-11H2,1-2H3. The highest BCUT2D eigenvalue weighted by molar-refractivity contribution is 5.49. The van der Waals surface area contributed by atoms with Crippen LogP contribution in [-0.4, -0.2) is 33.3 Å². The van der Waals surface area contributed by atoms with E-state index in [4.69, 9.17) is 4.74 Å². The summed E-state index contributed by atoms with van der Waals surface area (Å²) in [5.74, 6) is 0.926. The van der Waals surface area contributed by atoms with E-state index in [0.29, 0.717) is 0 Å². The van der Waals surface area contributed by atoms with Gasteiger partial charge in [0.15, 0.2) is 0 Å². The second kappa shape index (κ2) is 6.64. The van der Waals surface area contributed by atoms with Crippen LogP contribution in [0.15, 0.2) is 24.3 Å². The number of ether oxygens (including phenoxy) is 1. The average molecular weight is 248 g/mol. The third kappa shape index (κ3) is 4.22. The van der Waals surface area contributed by atoms with Crippen LogP contribution in [0.4, 0.5) is 5.69 Å². The van der Waals surface area contributed by atoms with E-state index in [-0.39, 0.29) is 0 Å². The fourth-order valence-corrected chi connectivity index (χ4v) is 2.04. The van der Waals surface area contributed by atoms with Gasteiger partial charge in [0.1, 0.15) is 5.75 Å². The number of hydrogen-bond acceptors (Lipinski definition) is 3. The minimum atomic E-state index is 0.834. The maximum absolute atomic E-state index is 5.24. The van der Waals surface area contributed by atoms with Crippen molar-refractivity contribution in [1.29, 1.82) is 0 Å². The molecular formula is C15H24N2O. The highest BCUT2D eigenvalue weighted by atomic mass is 16.5. The molecule has 0 radical (unpaired) electrons. The maximum atomic E-state index is 5.24. The van der Waals surface area contributed by atoms with E-state index >= 15 is 0 Å². The van der Waals surface area contributed by atoms with E-state index in [1.807, 2.05) is 12.1 Å². The van der Waals surface area contributed by atoms with Gasteiger partial charge in [0, 0.05) is 31.4 Å². The summed E-state index contributed by atoms with van der Waals surface area (Å²) in [5, 5.41) is 3.55. The molecule has 18 heavy (non-hydrogen) atoms. The summed E-state index contributed by atoms with van der Waals surface area (Å²) in [6.45, 7) is 2.26. The molecule has 0 aliphatic heterocycles. The van der Waals surface area contributed by atoms with Crippen molar-refractivity contribution in [3.63, 3.8) is 0 Å². The first-order chi connectivity index (χ1) is 8.79. The van der Waals surface area contributed by atoms with Gasteiger partial charge >= 0.3 is 0 Å². The molecule has 0 heterocycles. The molecule has 1 fully saturated rings. The van der Waals surface area contributed by atoms with Crippen LogP contribution < -0.4 is 15.0 Å². The Morgan fingerprint density at radius 3 is 2.89 bits per heavy atom. The van der Waals surface area contributed by atoms with Crippen LogP contribution in [0, 0.1) is 0 Å². The molecule has 1 aromatic carbocycles. The zero-order valence-electron chi connectivity index (χ0n) is 11.5. The molecule has 3 heteroatoms. The number of hydrogen-bond donors (Lipinski definition) is 1. The lowest BCUT2D eigenvalue weighted by Crippen LogP contribution is -2.21. The van der Waals surface area contributed by atoms with Gasteiger partial charge in [-0.1, -0.05) is 6.07 Å². The van der Waals surface area contributed by atoms with Crippen LogP contribution in [-0.2, 0) is 0 Å². The minimum absolute atomic E-state index is 0.834. The molecule has 3 nitrogen and oxygen atoms in total. The Balaban J connectivity index is 1.67. The van der Waals surface area contributed by atoms with Crippen LogP contribution in [0.2, 0.25) is 0 Å². The largest absolute Gasteiger partial charge is 0.497 e. The number of methoxy groups -OCH3 is 1. The fraction of sp³-hybridized carbons (Fsp3) is 0.600. The van der Waals surface area contributed by atoms with Crippen LogP contribution in [0.5, 0.6) is 5.75 Å². The van der Waals surface area contributed by atoms with Crippen molar-refractivity contribution >= 4 is 5.69 Å².